The molecule has 0 aliphatic heterocycles. The first kappa shape index (κ1) is 19.2. The SMILES string of the molecule is CC(C)(C)OC(=O)NCCCNc1ccc(S(N)(=O)=O)cc1F. The van der Waals surface area contributed by atoms with E-state index in [2.05, 4.69) is 10.6 Å². The number of hydrogen-bond donors (Lipinski definition) is 3. The van der Waals surface area contributed by atoms with Crippen LogP contribution in [0.4, 0.5) is 14.9 Å². The van der Waals surface area contributed by atoms with E-state index in [4.69, 9.17) is 9.88 Å². The third kappa shape index (κ3) is 7.29. The van der Waals surface area contributed by atoms with Crippen LogP contribution in [-0.4, -0.2) is 33.2 Å². The van der Waals surface area contributed by atoms with Gasteiger partial charge in [0.15, 0.2) is 0 Å². The summed E-state index contributed by atoms with van der Waals surface area (Å²) in [5, 5.41) is 10.3. The molecule has 0 aromatic heterocycles. The van der Waals surface area contributed by atoms with Gasteiger partial charge in [-0.3, -0.25) is 0 Å². The molecule has 4 N–H and O–H groups in total. The second kappa shape index (κ2) is 7.60. The summed E-state index contributed by atoms with van der Waals surface area (Å²) in [7, 11) is -3.92. The van der Waals surface area contributed by atoms with Crippen molar-refractivity contribution in [1.29, 1.82) is 0 Å². The molecule has 0 fully saturated rings. The number of carbonyl (C=O) groups excluding carboxylic acids is 1. The minimum Gasteiger partial charge on any atom is -0.444 e. The van der Waals surface area contributed by atoms with Crippen LogP contribution < -0.4 is 15.8 Å². The fraction of sp³-hybridized carbons (Fsp3) is 0.500. The molecule has 0 heterocycles. The molecule has 0 aliphatic rings. The van der Waals surface area contributed by atoms with Crippen LogP contribution in [0.3, 0.4) is 0 Å². The number of rotatable bonds is 6. The molecule has 1 aromatic rings. The van der Waals surface area contributed by atoms with Gasteiger partial charge in [-0.15, -0.1) is 0 Å². The van der Waals surface area contributed by atoms with Gasteiger partial charge in [-0.2, -0.15) is 0 Å². The highest BCUT2D eigenvalue weighted by Crippen LogP contribution is 2.18. The molecule has 0 radical (unpaired) electrons. The number of benzene rings is 1. The monoisotopic (exact) mass is 347 g/mol. The predicted molar refractivity (Wildman–Crippen MR) is 85.1 cm³/mol. The van der Waals surface area contributed by atoms with Gasteiger partial charge in [-0.25, -0.2) is 22.7 Å². The minimum atomic E-state index is -3.92. The number of hydrogen-bond acceptors (Lipinski definition) is 5. The van der Waals surface area contributed by atoms with E-state index in [0.29, 0.717) is 19.5 Å². The van der Waals surface area contributed by atoms with Gasteiger partial charge in [0.25, 0.3) is 0 Å². The summed E-state index contributed by atoms with van der Waals surface area (Å²) >= 11 is 0. The van der Waals surface area contributed by atoms with Gasteiger partial charge in [0, 0.05) is 13.1 Å². The fourth-order valence-corrected chi connectivity index (χ4v) is 2.16. The van der Waals surface area contributed by atoms with Crippen molar-refractivity contribution in [2.75, 3.05) is 18.4 Å². The van der Waals surface area contributed by atoms with Crippen LogP contribution in [0.25, 0.3) is 0 Å². The maximum absolute atomic E-state index is 13.7. The van der Waals surface area contributed by atoms with Gasteiger partial charge in [-0.1, -0.05) is 0 Å². The van der Waals surface area contributed by atoms with Gasteiger partial charge in [0.1, 0.15) is 11.4 Å². The van der Waals surface area contributed by atoms with E-state index in [9.17, 15) is 17.6 Å². The summed E-state index contributed by atoms with van der Waals surface area (Å²) in [6.45, 7) is 6.05. The molecule has 7 nitrogen and oxygen atoms in total. The third-order valence-corrected chi connectivity index (χ3v) is 3.52. The molecule has 0 unspecified atom stereocenters. The zero-order chi connectivity index (χ0) is 17.7. The van der Waals surface area contributed by atoms with Gasteiger partial charge in [0.05, 0.1) is 10.6 Å². The molecule has 0 saturated carbocycles. The number of amides is 1. The Kier molecular flexibility index (Phi) is 6.34. The quantitative estimate of drug-likeness (QED) is 0.680. The standard InChI is InChI=1S/C14H22FN3O4S/c1-14(2,3)22-13(19)18-8-4-7-17-12-6-5-10(9-11(12)15)23(16,20)21/h5-6,9,17H,4,7-8H2,1-3H3,(H,18,19)(H2,16,20,21). The van der Waals surface area contributed by atoms with Gasteiger partial charge in [0.2, 0.25) is 10.0 Å². The van der Waals surface area contributed by atoms with Crippen molar-refractivity contribution in [3.8, 4) is 0 Å². The van der Waals surface area contributed by atoms with Crippen molar-refractivity contribution in [3.05, 3.63) is 24.0 Å². The van der Waals surface area contributed by atoms with Crippen LogP contribution in [0.5, 0.6) is 0 Å². The van der Waals surface area contributed by atoms with Gasteiger partial charge in [-0.05, 0) is 45.4 Å². The fourth-order valence-electron chi connectivity index (χ4n) is 1.63. The van der Waals surface area contributed by atoms with Gasteiger partial charge < -0.3 is 15.4 Å². The highest BCUT2D eigenvalue weighted by Gasteiger charge is 2.15. The van der Waals surface area contributed by atoms with Crippen LogP contribution in [-0.2, 0) is 14.8 Å². The zero-order valence-corrected chi connectivity index (χ0v) is 14.2. The van der Waals surface area contributed by atoms with E-state index >= 15 is 0 Å². The lowest BCUT2D eigenvalue weighted by Crippen LogP contribution is -2.33. The van der Waals surface area contributed by atoms with E-state index in [0.717, 1.165) is 6.07 Å². The molecular weight excluding hydrogens is 325 g/mol. The Bertz CT molecular complexity index is 656. The molecule has 0 spiro atoms. The summed E-state index contributed by atoms with van der Waals surface area (Å²) in [4.78, 5) is 11.1. The highest BCUT2D eigenvalue weighted by atomic mass is 32.2. The number of anilines is 1. The molecule has 0 saturated heterocycles. The second-order valence-electron chi connectivity index (χ2n) is 5.90. The minimum absolute atomic E-state index is 0.162. The first-order valence-corrected chi connectivity index (χ1v) is 8.57. The summed E-state index contributed by atoms with van der Waals surface area (Å²) in [5.74, 6) is -0.711. The molecule has 23 heavy (non-hydrogen) atoms. The number of nitrogens with two attached hydrogens (primary N) is 1. The van der Waals surface area contributed by atoms with Gasteiger partial charge >= 0.3 is 6.09 Å². The summed E-state index contributed by atoms with van der Waals surface area (Å²) in [6.07, 6.45) is 0.0245. The van der Waals surface area contributed by atoms with Crippen molar-refractivity contribution in [2.24, 2.45) is 5.14 Å². The maximum atomic E-state index is 13.7. The maximum Gasteiger partial charge on any atom is 0.407 e. The largest absolute Gasteiger partial charge is 0.444 e. The van der Waals surface area contributed by atoms with Crippen LogP contribution >= 0.6 is 0 Å². The molecule has 0 atom stereocenters. The summed E-state index contributed by atoms with van der Waals surface area (Å²) < 4.78 is 41.0. The number of primary sulfonamides is 1. The number of sulfonamides is 1. The number of ether oxygens (including phenoxy) is 1. The van der Waals surface area contributed by atoms with Crippen molar-refractivity contribution in [1.82, 2.24) is 5.32 Å². The number of halogens is 1. The first-order valence-electron chi connectivity index (χ1n) is 7.02. The van der Waals surface area contributed by atoms with Crippen molar-refractivity contribution < 1.29 is 22.3 Å². The molecular formula is C14H22FN3O4S. The zero-order valence-electron chi connectivity index (χ0n) is 13.3. The lowest BCUT2D eigenvalue weighted by molar-refractivity contribution is 0.0527. The number of nitrogens with one attached hydrogen (secondary N) is 2. The Morgan fingerprint density at radius 2 is 1.96 bits per heavy atom. The topological polar surface area (TPSA) is 111 Å². The lowest BCUT2D eigenvalue weighted by atomic mass is 10.2. The Morgan fingerprint density at radius 3 is 2.48 bits per heavy atom. The van der Waals surface area contributed by atoms with E-state index in [1.165, 1.54) is 12.1 Å². The highest BCUT2D eigenvalue weighted by molar-refractivity contribution is 7.89. The number of alkyl carbamates (subject to hydrolysis) is 1. The lowest BCUT2D eigenvalue weighted by Gasteiger charge is -2.19. The first-order chi connectivity index (χ1) is 10.5. The molecule has 130 valence electrons. The average molecular weight is 347 g/mol. The summed E-state index contributed by atoms with van der Waals surface area (Å²) in [6, 6.07) is 3.38. The van der Waals surface area contributed by atoms with E-state index in [1.807, 2.05) is 0 Å². The Balaban J connectivity index is 2.38. The van der Waals surface area contributed by atoms with Crippen molar-refractivity contribution in [2.45, 2.75) is 37.7 Å². The number of carbonyl (C=O) groups is 1. The molecule has 1 aromatic carbocycles. The molecule has 0 bridgehead atoms. The smallest absolute Gasteiger partial charge is 0.407 e. The van der Waals surface area contributed by atoms with E-state index in [-0.39, 0.29) is 10.6 Å². The van der Waals surface area contributed by atoms with Crippen molar-refractivity contribution in [3.63, 3.8) is 0 Å². The van der Waals surface area contributed by atoms with Crippen LogP contribution in [0.1, 0.15) is 27.2 Å². The third-order valence-electron chi connectivity index (χ3n) is 2.61. The Morgan fingerprint density at radius 1 is 1.30 bits per heavy atom. The molecule has 0 aliphatic carbocycles. The van der Waals surface area contributed by atoms with E-state index in [1.54, 1.807) is 20.8 Å². The Hall–Kier alpha value is -1.87. The summed E-state index contributed by atoms with van der Waals surface area (Å²) in [5.41, 5.74) is -0.397. The van der Waals surface area contributed by atoms with Crippen LogP contribution in [0, 0.1) is 5.82 Å². The molecule has 1 rings (SSSR count). The second-order valence-corrected chi connectivity index (χ2v) is 7.46. The average Bonchev–Trinajstić information content (AvgIpc) is 2.36. The normalized spacial score (nSPS) is 11.9. The van der Waals surface area contributed by atoms with E-state index < -0.39 is 27.5 Å². The predicted octanol–water partition coefficient (Wildman–Crippen LogP) is 1.80. The van der Waals surface area contributed by atoms with Crippen molar-refractivity contribution >= 4 is 21.8 Å². The van der Waals surface area contributed by atoms with Crippen LogP contribution in [0.2, 0.25) is 0 Å². The molecule has 9 heteroatoms. The molecule has 1 amide bonds. The Labute approximate surface area is 135 Å². The van der Waals surface area contributed by atoms with Crippen LogP contribution in [0.15, 0.2) is 23.1 Å².